The predicted octanol–water partition coefficient (Wildman–Crippen LogP) is 0.882. The molecule has 1 N–H and O–H groups in total. The highest BCUT2D eigenvalue weighted by molar-refractivity contribution is 6.18. The van der Waals surface area contributed by atoms with Gasteiger partial charge >= 0.3 is 6.03 Å². The lowest BCUT2D eigenvalue weighted by Gasteiger charge is -2.30. The molecule has 2 saturated heterocycles. The van der Waals surface area contributed by atoms with Gasteiger partial charge in [-0.2, -0.15) is 0 Å². The first-order valence-corrected chi connectivity index (χ1v) is 6.16. The van der Waals surface area contributed by atoms with Crippen LogP contribution < -0.4 is 5.32 Å². The van der Waals surface area contributed by atoms with Crippen LogP contribution in [0.1, 0.15) is 12.8 Å². The van der Waals surface area contributed by atoms with Crippen molar-refractivity contribution in [2.24, 2.45) is 0 Å². The van der Waals surface area contributed by atoms with Crippen LogP contribution in [0.25, 0.3) is 0 Å². The SMILES string of the molecule is O=C1NC2(CCOCC2)C(=O)N1C/C=C/CCl. The van der Waals surface area contributed by atoms with Crippen molar-refractivity contribution in [2.75, 3.05) is 25.6 Å². The number of carbonyl (C=O) groups excluding carboxylic acids is 2. The van der Waals surface area contributed by atoms with E-state index in [0.29, 0.717) is 31.9 Å². The number of allylic oxidation sites excluding steroid dienone is 1. The maximum atomic E-state index is 12.2. The summed E-state index contributed by atoms with van der Waals surface area (Å²) in [6.07, 6.45) is 4.54. The molecule has 3 amide bonds. The van der Waals surface area contributed by atoms with Crippen LogP contribution in [-0.4, -0.2) is 48.0 Å². The summed E-state index contributed by atoms with van der Waals surface area (Å²) in [5, 5.41) is 2.79. The fourth-order valence-electron chi connectivity index (χ4n) is 2.14. The summed E-state index contributed by atoms with van der Waals surface area (Å²) in [5.41, 5.74) is -0.732. The number of rotatable bonds is 3. The molecule has 1 spiro atoms. The minimum Gasteiger partial charge on any atom is -0.381 e. The summed E-state index contributed by atoms with van der Waals surface area (Å²) in [5.74, 6) is 0.229. The Morgan fingerprint density at radius 2 is 2.06 bits per heavy atom. The van der Waals surface area contributed by atoms with Crippen molar-refractivity contribution < 1.29 is 14.3 Å². The van der Waals surface area contributed by atoms with Crippen molar-refractivity contribution in [3.63, 3.8) is 0 Å². The molecule has 0 aliphatic carbocycles. The van der Waals surface area contributed by atoms with E-state index in [2.05, 4.69) is 5.32 Å². The van der Waals surface area contributed by atoms with Crippen molar-refractivity contribution in [1.29, 1.82) is 0 Å². The van der Waals surface area contributed by atoms with Gasteiger partial charge in [0.2, 0.25) is 0 Å². The fourth-order valence-corrected chi connectivity index (χ4v) is 2.27. The van der Waals surface area contributed by atoms with E-state index in [1.807, 2.05) is 0 Å². The second kappa shape index (κ2) is 5.06. The molecule has 2 rings (SSSR count). The molecule has 0 bridgehead atoms. The van der Waals surface area contributed by atoms with Crippen LogP contribution in [0.2, 0.25) is 0 Å². The Morgan fingerprint density at radius 3 is 2.71 bits per heavy atom. The second-order valence-corrected chi connectivity index (χ2v) is 4.47. The molecule has 0 saturated carbocycles. The largest absolute Gasteiger partial charge is 0.381 e. The van der Waals surface area contributed by atoms with Gasteiger partial charge in [-0.25, -0.2) is 4.79 Å². The number of alkyl halides is 1. The summed E-state index contributed by atoms with van der Waals surface area (Å²) < 4.78 is 5.22. The average molecular weight is 259 g/mol. The van der Waals surface area contributed by atoms with E-state index in [0.717, 1.165) is 0 Å². The molecule has 0 atom stereocenters. The Kier molecular flexibility index (Phi) is 3.69. The molecule has 0 unspecified atom stereocenters. The number of carbonyl (C=O) groups is 2. The van der Waals surface area contributed by atoms with E-state index in [1.54, 1.807) is 12.2 Å². The Labute approximate surface area is 105 Å². The highest BCUT2D eigenvalue weighted by Gasteiger charge is 2.51. The van der Waals surface area contributed by atoms with E-state index in [-0.39, 0.29) is 18.5 Å². The molecule has 5 nitrogen and oxygen atoms in total. The summed E-state index contributed by atoms with van der Waals surface area (Å²) in [7, 11) is 0. The lowest BCUT2D eigenvalue weighted by atomic mass is 9.90. The van der Waals surface area contributed by atoms with Crippen molar-refractivity contribution >= 4 is 23.5 Å². The van der Waals surface area contributed by atoms with Gasteiger partial charge in [0.15, 0.2) is 0 Å². The number of urea groups is 1. The van der Waals surface area contributed by atoms with E-state index in [1.165, 1.54) is 4.90 Å². The van der Waals surface area contributed by atoms with Gasteiger partial charge in [-0.1, -0.05) is 12.2 Å². The topological polar surface area (TPSA) is 58.6 Å². The van der Waals surface area contributed by atoms with Crippen molar-refractivity contribution in [2.45, 2.75) is 18.4 Å². The normalized spacial score (nSPS) is 23.7. The van der Waals surface area contributed by atoms with Crippen LogP contribution in [0, 0.1) is 0 Å². The summed E-state index contributed by atoms with van der Waals surface area (Å²) in [6.45, 7) is 1.30. The third-order valence-electron chi connectivity index (χ3n) is 3.14. The molecule has 0 aromatic rings. The molecule has 94 valence electrons. The van der Waals surface area contributed by atoms with Crippen LogP contribution in [0.5, 0.6) is 0 Å². The maximum Gasteiger partial charge on any atom is 0.325 e. The lowest BCUT2D eigenvalue weighted by molar-refractivity contribution is -0.134. The number of halogens is 1. The number of imide groups is 1. The first-order valence-electron chi connectivity index (χ1n) is 5.62. The van der Waals surface area contributed by atoms with E-state index in [9.17, 15) is 9.59 Å². The van der Waals surface area contributed by atoms with Crippen LogP contribution in [-0.2, 0) is 9.53 Å². The van der Waals surface area contributed by atoms with Crippen LogP contribution in [0.4, 0.5) is 4.79 Å². The molecule has 17 heavy (non-hydrogen) atoms. The van der Waals surface area contributed by atoms with Crippen molar-refractivity contribution in [3.8, 4) is 0 Å². The highest BCUT2D eigenvalue weighted by atomic mass is 35.5. The monoisotopic (exact) mass is 258 g/mol. The fraction of sp³-hybridized carbons (Fsp3) is 0.636. The number of hydrogen-bond acceptors (Lipinski definition) is 3. The first kappa shape index (κ1) is 12.4. The van der Waals surface area contributed by atoms with Crippen molar-refractivity contribution in [3.05, 3.63) is 12.2 Å². The Bertz CT molecular complexity index is 351. The zero-order chi connectivity index (χ0) is 12.3. The predicted molar refractivity (Wildman–Crippen MR) is 62.9 cm³/mol. The molecule has 2 aliphatic heterocycles. The van der Waals surface area contributed by atoms with Crippen molar-refractivity contribution in [1.82, 2.24) is 10.2 Å². The molecular formula is C11H15ClN2O3. The van der Waals surface area contributed by atoms with Gasteiger partial charge in [-0.3, -0.25) is 9.69 Å². The number of nitrogens with one attached hydrogen (secondary N) is 1. The minimum atomic E-state index is -0.732. The molecule has 2 aliphatic rings. The Balaban J connectivity index is 2.07. The average Bonchev–Trinajstić information content (AvgIpc) is 2.55. The van der Waals surface area contributed by atoms with Gasteiger partial charge in [0.05, 0.1) is 0 Å². The molecule has 6 heteroatoms. The molecule has 2 heterocycles. The highest BCUT2D eigenvalue weighted by Crippen LogP contribution is 2.28. The number of amides is 3. The maximum absolute atomic E-state index is 12.2. The number of ether oxygens (including phenoxy) is 1. The third-order valence-corrected chi connectivity index (χ3v) is 3.31. The molecule has 0 aromatic heterocycles. The zero-order valence-electron chi connectivity index (χ0n) is 9.45. The molecular weight excluding hydrogens is 244 g/mol. The number of nitrogens with zero attached hydrogens (tertiary/aromatic N) is 1. The van der Waals surface area contributed by atoms with Gasteiger partial charge in [-0.05, 0) is 0 Å². The van der Waals surface area contributed by atoms with Crippen LogP contribution in [0.3, 0.4) is 0 Å². The van der Waals surface area contributed by atoms with Gasteiger partial charge in [-0.15, -0.1) is 11.6 Å². The van der Waals surface area contributed by atoms with E-state index >= 15 is 0 Å². The standard InChI is InChI=1S/C11H15ClN2O3/c12-5-1-2-6-14-9(15)11(13-10(14)16)3-7-17-8-4-11/h1-2H,3-8H2,(H,13,16)/b2-1+. The van der Waals surface area contributed by atoms with E-state index < -0.39 is 5.54 Å². The van der Waals surface area contributed by atoms with E-state index in [4.69, 9.17) is 16.3 Å². The summed E-state index contributed by atoms with van der Waals surface area (Å²) in [6, 6.07) is -0.323. The van der Waals surface area contributed by atoms with Crippen LogP contribution >= 0.6 is 11.6 Å². The molecule has 0 aromatic carbocycles. The Hall–Kier alpha value is -1.07. The Morgan fingerprint density at radius 1 is 1.35 bits per heavy atom. The quantitative estimate of drug-likeness (QED) is 0.465. The number of hydrogen-bond donors (Lipinski definition) is 1. The minimum absolute atomic E-state index is 0.148. The van der Waals surface area contributed by atoms with Gasteiger partial charge in [0.25, 0.3) is 5.91 Å². The molecule has 0 radical (unpaired) electrons. The lowest BCUT2D eigenvalue weighted by Crippen LogP contribution is -2.51. The van der Waals surface area contributed by atoms with Crippen LogP contribution in [0.15, 0.2) is 12.2 Å². The second-order valence-electron chi connectivity index (χ2n) is 4.17. The summed E-state index contributed by atoms with van der Waals surface area (Å²) in [4.78, 5) is 25.2. The van der Waals surface area contributed by atoms with Gasteiger partial charge in [0, 0.05) is 38.5 Å². The smallest absolute Gasteiger partial charge is 0.325 e. The molecule has 2 fully saturated rings. The third kappa shape index (κ3) is 2.30. The first-order chi connectivity index (χ1) is 8.19. The van der Waals surface area contributed by atoms with Gasteiger partial charge < -0.3 is 10.1 Å². The summed E-state index contributed by atoms with van der Waals surface area (Å²) >= 11 is 5.49. The van der Waals surface area contributed by atoms with Gasteiger partial charge in [0.1, 0.15) is 5.54 Å². The zero-order valence-corrected chi connectivity index (χ0v) is 10.2.